The van der Waals surface area contributed by atoms with E-state index in [0.717, 1.165) is 56.1 Å². The van der Waals surface area contributed by atoms with Gasteiger partial charge in [0, 0.05) is 69.4 Å². The van der Waals surface area contributed by atoms with Crippen LogP contribution < -0.4 is 20.3 Å². The summed E-state index contributed by atoms with van der Waals surface area (Å²) in [6.45, 7) is 10.4. The molecular weight excluding hydrogens is 526 g/mol. The normalized spacial score (nSPS) is 19.6. The Balaban J connectivity index is 1.22. The molecule has 3 aromatic rings. The Bertz CT molecular complexity index is 1310. The highest BCUT2D eigenvalue weighted by Gasteiger charge is 2.31. The molecule has 1 aromatic carbocycles. The largest absolute Gasteiger partial charge is 0.460 e. The van der Waals surface area contributed by atoms with E-state index in [4.69, 9.17) is 4.74 Å². The topological polar surface area (TPSA) is 113 Å². The molecule has 0 unspecified atom stereocenters. The van der Waals surface area contributed by atoms with Crippen LogP contribution in [0.1, 0.15) is 66.4 Å². The second kappa shape index (κ2) is 12.7. The number of carbonyl (C=O) groups is 2. The SMILES string of the molecule is CCCNC(=O)c1cc(CN2C[C@H](C)[C@H]2C)ccc1NC(=O)c1csc(N2CCC(Oc3ncccn3)CC2)n1. The Morgan fingerprint density at radius 1 is 1.12 bits per heavy atom. The van der Waals surface area contributed by atoms with Crippen LogP contribution in [0.15, 0.2) is 42.0 Å². The van der Waals surface area contributed by atoms with Crippen molar-refractivity contribution in [3.8, 4) is 6.01 Å². The minimum atomic E-state index is -0.329. The number of likely N-dealkylation sites (tertiary alicyclic amines) is 1. The van der Waals surface area contributed by atoms with Gasteiger partial charge in [0.2, 0.25) is 0 Å². The number of hydrogen-bond donors (Lipinski definition) is 2. The van der Waals surface area contributed by atoms with E-state index in [-0.39, 0.29) is 17.9 Å². The highest BCUT2D eigenvalue weighted by Crippen LogP contribution is 2.29. The Labute approximate surface area is 239 Å². The van der Waals surface area contributed by atoms with Gasteiger partial charge in [-0.1, -0.05) is 19.9 Å². The number of nitrogens with one attached hydrogen (secondary N) is 2. The molecule has 2 amide bonds. The lowest BCUT2D eigenvalue weighted by atomic mass is 9.91. The molecule has 0 aliphatic carbocycles. The number of carbonyl (C=O) groups excluding carboxylic acids is 2. The lowest BCUT2D eigenvalue weighted by Crippen LogP contribution is -2.52. The van der Waals surface area contributed by atoms with Crippen LogP contribution in [-0.2, 0) is 6.54 Å². The lowest BCUT2D eigenvalue weighted by Gasteiger charge is -2.45. The number of amides is 2. The van der Waals surface area contributed by atoms with Crippen molar-refractivity contribution >= 4 is 34.0 Å². The first kappa shape index (κ1) is 28.0. The zero-order valence-electron chi connectivity index (χ0n) is 23.3. The number of aromatic nitrogens is 3. The maximum absolute atomic E-state index is 13.2. The summed E-state index contributed by atoms with van der Waals surface area (Å²) in [5.41, 5.74) is 2.35. The van der Waals surface area contributed by atoms with Crippen LogP contribution in [-0.4, -0.2) is 70.0 Å². The summed E-state index contributed by atoms with van der Waals surface area (Å²) >= 11 is 1.44. The van der Waals surface area contributed by atoms with E-state index in [9.17, 15) is 9.59 Å². The van der Waals surface area contributed by atoms with Crippen molar-refractivity contribution in [1.82, 2.24) is 25.2 Å². The molecule has 2 fully saturated rings. The molecule has 2 aromatic heterocycles. The summed E-state index contributed by atoms with van der Waals surface area (Å²) in [4.78, 5) is 43.7. The van der Waals surface area contributed by atoms with Crippen molar-refractivity contribution in [3.63, 3.8) is 0 Å². The summed E-state index contributed by atoms with van der Waals surface area (Å²) in [6.07, 6.45) is 5.86. The number of thiazole rings is 1. The zero-order chi connectivity index (χ0) is 28.1. The maximum Gasteiger partial charge on any atom is 0.316 e. The first-order valence-corrected chi connectivity index (χ1v) is 14.9. The van der Waals surface area contributed by atoms with Crippen LogP contribution in [0.2, 0.25) is 0 Å². The van der Waals surface area contributed by atoms with Gasteiger partial charge in [0.1, 0.15) is 11.8 Å². The summed E-state index contributed by atoms with van der Waals surface area (Å²) < 4.78 is 5.89. The number of rotatable bonds is 10. The van der Waals surface area contributed by atoms with Gasteiger partial charge in [0.25, 0.3) is 11.8 Å². The number of piperidine rings is 1. The van der Waals surface area contributed by atoms with E-state index in [1.165, 1.54) is 11.3 Å². The van der Waals surface area contributed by atoms with Gasteiger partial charge in [-0.25, -0.2) is 15.0 Å². The van der Waals surface area contributed by atoms with Gasteiger partial charge >= 0.3 is 6.01 Å². The number of anilines is 2. The summed E-state index contributed by atoms with van der Waals surface area (Å²) in [5.74, 6) is 0.163. The summed E-state index contributed by atoms with van der Waals surface area (Å²) in [6, 6.07) is 8.40. The summed E-state index contributed by atoms with van der Waals surface area (Å²) in [5, 5.41) is 8.45. The van der Waals surface area contributed by atoms with Crippen LogP contribution in [0.3, 0.4) is 0 Å². The highest BCUT2D eigenvalue weighted by molar-refractivity contribution is 7.14. The predicted molar refractivity (Wildman–Crippen MR) is 156 cm³/mol. The van der Waals surface area contributed by atoms with Crippen molar-refractivity contribution in [1.29, 1.82) is 0 Å². The Morgan fingerprint density at radius 2 is 1.90 bits per heavy atom. The number of ether oxygens (including phenoxy) is 1. The van der Waals surface area contributed by atoms with E-state index >= 15 is 0 Å². The molecule has 10 nitrogen and oxygen atoms in total. The summed E-state index contributed by atoms with van der Waals surface area (Å²) in [7, 11) is 0. The Morgan fingerprint density at radius 3 is 2.60 bits per heavy atom. The molecule has 2 aliphatic heterocycles. The fraction of sp³-hybridized carbons (Fsp3) is 0.483. The molecule has 11 heteroatoms. The molecule has 0 saturated carbocycles. The second-order valence-corrected chi connectivity index (χ2v) is 11.4. The standard InChI is InChI=1S/C29H37N7O3S/c1-4-10-30-26(37)23-15-21(17-36-16-19(2)20(36)3)6-7-24(23)33-27(38)25-18-40-29(34-25)35-13-8-22(9-14-35)39-28-31-11-5-12-32-28/h5-7,11-12,15,18-20,22H,4,8-10,13-14,16-17H2,1-3H3,(H,30,37)(H,33,38)/t19-,20+/m0/s1. The van der Waals surface area contributed by atoms with E-state index in [1.54, 1.807) is 23.8 Å². The minimum Gasteiger partial charge on any atom is -0.460 e. The fourth-order valence-electron chi connectivity index (χ4n) is 5.03. The van der Waals surface area contributed by atoms with E-state index < -0.39 is 0 Å². The van der Waals surface area contributed by atoms with E-state index in [2.05, 4.69) is 49.2 Å². The quantitative estimate of drug-likeness (QED) is 0.377. The van der Waals surface area contributed by atoms with Gasteiger partial charge in [-0.3, -0.25) is 14.5 Å². The third kappa shape index (κ3) is 6.59. The maximum atomic E-state index is 13.2. The number of nitrogens with zero attached hydrogens (tertiary/aromatic N) is 5. The van der Waals surface area contributed by atoms with Crippen molar-refractivity contribution in [2.45, 2.75) is 58.7 Å². The molecule has 2 saturated heterocycles. The second-order valence-electron chi connectivity index (χ2n) is 10.6. The van der Waals surface area contributed by atoms with Gasteiger partial charge in [0.15, 0.2) is 5.13 Å². The van der Waals surface area contributed by atoms with Gasteiger partial charge in [-0.05, 0) is 43.0 Å². The Hall–Kier alpha value is -3.57. The third-order valence-electron chi connectivity index (χ3n) is 7.67. The van der Waals surface area contributed by atoms with Gasteiger partial charge < -0.3 is 20.3 Å². The van der Waals surface area contributed by atoms with Crippen LogP contribution in [0.5, 0.6) is 6.01 Å². The average Bonchev–Trinajstić information content (AvgIpc) is 3.48. The molecule has 4 heterocycles. The molecule has 2 N–H and O–H groups in total. The van der Waals surface area contributed by atoms with Crippen molar-refractivity contribution in [3.05, 3.63) is 58.9 Å². The van der Waals surface area contributed by atoms with Gasteiger partial charge in [-0.2, -0.15) is 0 Å². The first-order valence-electron chi connectivity index (χ1n) is 14.0. The van der Waals surface area contributed by atoms with E-state index in [0.29, 0.717) is 41.5 Å². The molecule has 0 bridgehead atoms. The molecule has 212 valence electrons. The van der Waals surface area contributed by atoms with Gasteiger partial charge in [0.05, 0.1) is 11.3 Å². The lowest BCUT2D eigenvalue weighted by molar-refractivity contribution is 0.0306. The first-order chi connectivity index (χ1) is 19.4. The molecule has 5 rings (SSSR count). The van der Waals surface area contributed by atoms with Crippen molar-refractivity contribution in [2.75, 3.05) is 36.4 Å². The van der Waals surface area contributed by atoms with Crippen molar-refractivity contribution in [2.24, 2.45) is 5.92 Å². The molecular formula is C29H37N7O3S. The monoisotopic (exact) mass is 563 g/mol. The molecule has 0 radical (unpaired) electrons. The molecule has 0 spiro atoms. The average molecular weight is 564 g/mol. The van der Waals surface area contributed by atoms with Gasteiger partial charge in [-0.15, -0.1) is 11.3 Å². The number of hydrogen-bond acceptors (Lipinski definition) is 9. The number of benzene rings is 1. The van der Waals surface area contributed by atoms with Crippen LogP contribution in [0, 0.1) is 5.92 Å². The molecule has 2 atom stereocenters. The van der Waals surface area contributed by atoms with Crippen molar-refractivity contribution < 1.29 is 14.3 Å². The van der Waals surface area contributed by atoms with Crippen LogP contribution in [0.4, 0.5) is 10.8 Å². The smallest absolute Gasteiger partial charge is 0.316 e. The minimum absolute atomic E-state index is 0.0503. The van der Waals surface area contributed by atoms with Crippen LogP contribution in [0.25, 0.3) is 0 Å². The predicted octanol–water partition coefficient (Wildman–Crippen LogP) is 4.21. The fourth-order valence-corrected chi connectivity index (χ4v) is 5.89. The van der Waals surface area contributed by atoms with Crippen LogP contribution >= 0.6 is 11.3 Å². The highest BCUT2D eigenvalue weighted by atomic mass is 32.1. The molecule has 40 heavy (non-hydrogen) atoms. The van der Waals surface area contributed by atoms with E-state index in [1.807, 2.05) is 25.1 Å². The molecule has 2 aliphatic rings. The Kier molecular flexibility index (Phi) is 8.91. The third-order valence-corrected chi connectivity index (χ3v) is 8.57. The zero-order valence-corrected chi connectivity index (χ0v) is 24.1.